The molecule has 1 aliphatic heterocycles. The van der Waals surface area contributed by atoms with Crippen LogP contribution in [0.3, 0.4) is 0 Å². The van der Waals surface area contributed by atoms with E-state index >= 15 is 0 Å². The molecule has 2 aromatic carbocycles. The molecule has 2 aromatic rings. The van der Waals surface area contributed by atoms with Gasteiger partial charge >= 0.3 is 0 Å². The minimum atomic E-state index is -3.64. The highest BCUT2D eigenvalue weighted by molar-refractivity contribution is 7.89. The second-order valence-corrected chi connectivity index (χ2v) is 8.68. The average molecular weight is 401 g/mol. The van der Waals surface area contributed by atoms with E-state index in [0.717, 1.165) is 25.7 Å². The van der Waals surface area contributed by atoms with Gasteiger partial charge in [-0.3, -0.25) is 9.59 Å². The van der Waals surface area contributed by atoms with Crippen molar-refractivity contribution in [2.24, 2.45) is 5.73 Å². The smallest absolute Gasteiger partial charge is 0.255 e. The lowest BCUT2D eigenvalue weighted by Gasteiger charge is -2.20. The predicted octanol–water partition coefficient (Wildman–Crippen LogP) is 2.60. The molecule has 1 saturated heterocycles. The van der Waals surface area contributed by atoms with Gasteiger partial charge in [0.1, 0.15) is 0 Å². The monoisotopic (exact) mass is 401 g/mol. The van der Waals surface area contributed by atoms with Crippen LogP contribution >= 0.6 is 0 Å². The van der Waals surface area contributed by atoms with Gasteiger partial charge in [0.2, 0.25) is 15.9 Å². The van der Waals surface area contributed by atoms with Crippen LogP contribution in [0.25, 0.3) is 0 Å². The molecule has 3 rings (SSSR count). The van der Waals surface area contributed by atoms with Gasteiger partial charge in [-0.05, 0) is 49.2 Å². The van der Waals surface area contributed by atoms with Gasteiger partial charge in [-0.15, -0.1) is 0 Å². The third-order valence-electron chi connectivity index (χ3n) is 4.70. The maximum Gasteiger partial charge on any atom is 0.255 e. The average Bonchev–Trinajstić information content (AvgIpc) is 2.98. The molecule has 148 valence electrons. The summed E-state index contributed by atoms with van der Waals surface area (Å²) in [5, 5.41) is 2.67. The zero-order valence-electron chi connectivity index (χ0n) is 15.4. The SMILES string of the molecule is NC(=O)c1cccc(NC(=O)c2cccc(S(=O)(=O)N3CCCCCC3)c2)c1. The molecule has 0 aliphatic carbocycles. The quantitative estimate of drug-likeness (QED) is 0.802. The normalized spacial score (nSPS) is 15.6. The first-order chi connectivity index (χ1) is 13.4. The van der Waals surface area contributed by atoms with Crippen LogP contribution in [0.4, 0.5) is 5.69 Å². The van der Waals surface area contributed by atoms with Crippen LogP contribution in [-0.4, -0.2) is 37.6 Å². The Morgan fingerprint density at radius 1 is 0.893 bits per heavy atom. The van der Waals surface area contributed by atoms with E-state index in [1.165, 1.54) is 22.5 Å². The number of carbonyl (C=O) groups is 2. The van der Waals surface area contributed by atoms with Crippen LogP contribution in [0.2, 0.25) is 0 Å². The minimum absolute atomic E-state index is 0.105. The molecule has 0 spiro atoms. The van der Waals surface area contributed by atoms with E-state index < -0.39 is 21.8 Å². The Kier molecular flexibility index (Phi) is 6.11. The minimum Gasteiger partial charge on any atom is -0.366 e. The van der Waals surface area contributed by atoms with E-state index in [1.807, 2.05) is 0 Å². The standard InChI is InChI=1S/C20H23N3O4S/c21-19(24)15-7-5-9-17(13-15)22-20(25)16-8-6-10-18(14-16)28(26,27)23-11-3-1-2-4-12-23/h5-10,13-14H,1-4,11-12H2,(H2,21,24)(H,22,25). The summed E-state index contributed by atoms with van der Waals surface area (Å²) in [6, 6.07) is 12.2. The van der Waals surface area contributed by atoms with Gasteiger partial charge in [0.15, 0.2) is 0 Å². The molecule has 1 fully saturated rings. The Labute approximate surface area is 164 Å². The van der Waals surface area contributed by atoms with Crippen molar-refractivity contribution in [3.8, 4) is 0 Å². The predicted molar refractivity (Wildman–Crippen MR) is 107 cm³/mol. The Morgan fingerprint density at radius 2 is 1.54 bits per heavy atom. The van der Waals surface area contributed by atoms with Gasteiger partial charge in [0.25, 0.3) is 5.91 Å². The molecule has 3 N–H and O–H groups in total. The molecule has 0 atom stereocenters. The summed E-state index contributed by atoms with van der Waals surface area (Å²) in [4.78, 5) is 24.0. The first-order valence-corrected chi connectivity index (χ1v) is 10.6. The van der Waals surface area contributed by atoms with Crippen molar-refractivity contribution in [3.05, 3.63) is 59.7 Å². The molecule has 0 radical (unpaired) electrons. The third kappa shape index (κ3) is 4.58. The van der Waals surface area contributed by atoms with Gasteiger partial charge in [-0.25, -0.2) is 8.42 Å². The van der Waals surface area contributed by atoms with Gasteiger partial charge in [-0.1, -0.05) is 25.0 Å². The Balaban J connectivity index is 1.81. The second kappa shape index (κ2) is 8.53. The van der Waals surface area contributed by atoms with E-state index in [-0.39, 0.29) is 16.0 Å². The van der Waals surface area contributed by atoms with Crippen molar-refractivity contribution in [2.45, 2.75) is 30.6 Å². The molecule has 1 aliphatic rings. The Bertz CT molecular complexity index is 980. The fourth-order valence-corrected chi connectivity index (χ4v) is 4.75. The molecule has 2 amide bonds. The number of hydrogen-bond donors (Lipinski definition) is 2. The first-order valence-electron chi connectivity index (χ1n) is 9.19. The van der Waals surface area contributed by atoms with Crippen molar-refractivity contribution in [1.29, 1.82) is 0 Å². The van der Waals surface area contributed by atoms with Crippen LogP contribution in [-0.2, 0) is 10.0 Å². The van der Waals surface area contributed by atoms with Gasteiger partial charge < -0.3 is 11.1 Å². The van der Waals surface area contributed by atoms with Gasteiger partial charge in [0, 0.05) is 29.9 Å². The summed E-state index contributed by atoms with van der Waals surface area (Å²) in [6.07, 6.45) is 3.74. The summed E-state index contributed by atoms with van der Waals surface area (Å²) >= 11 is 0. The third-order valence-corrected chi connectivity index (χ3v) is 6.60. The van der Waals surface area contributed by atoms with Crippen molar-refractivity contribution in [3.63, 3.8) is 0 Å². The molecule has 0 saturated carbocycles. The number of hydrogen-bond acceptors (Lipinski definition) is 4. The number of carbonyl (C=O) groups excluding carboxylic acids is 2. The van der Waals surface area contributed by atoms with Crippen molar-refractivity contribution in [2.75, 3.05) is 18.4 Å². The van der Waals surface area contributed by atoms with Gasteiger partial charge in [-0.2, -0.15) is 4.31 Å². The van der Waals surface area contributed by atoms with E-state index in [4.69, 9.17) is 5.73 Å². The Morgan fingerprint density at radius 3 is 2.21 bits per heavy atom. The summed E-state index contributed by atoms with van der Waals surface area (Å²) in [5.41, 5.74) is 6.15. The van der Waals surface area contributed by atoms with Crippen LogP contribution in [0.15, 0.2) is 53.4 Å². The summed E-state index contributed by atoms with van der Waals surface area (Å²) in [7, 11) is -3.64. The van der Waals surface area contributed by atoms with Crippen LogP contribution in [0.1, 0.15) is 46.4 Å². The highest BCUT2D eigenvalue weighted by atomic mass is 32.2. The van der Waals surface area contributed by atoms with Crippen molar-refractivity contribution >= 4 is 27.5 Å². The van der Waals surface area contributed by atoms with Crippen molar-refractivity contribution < 1.29 is 18.0 Å². The lowest BCUT2D eigenvalue weighted by molar-refractivity contribution is 0.0996. The number of sulfonamides is 1. The lowest BCUT2D eigenvalue weighted by Crippen LogP contribution is -2.32. The number of anilines is 1. The van der Waals surface area contributed by atoms with Crippen LogP contribution in [0.5, 0.6) is 0 Å². The number of primary amides is 1. The summed E-state index contributed by atoms with van der Waals surface area (Å²) in [5.74, 6) is -1.06. The molecule has 0 unspecified atom stereocenters. The number of nitrogens with two attached hydrogens (primary N) is 1. The molecule has 0 bridgehead atoms. The van der Waals surface area contributed by atoms with Crippen LogP contribution < -0.4 is 11.1 Å². The highest BCUT2D eigenvalue weighted by Crippen LogP contribution is 2.21. The number of nitrogens with zero attached hydrogens (tertiary/aromatic N) is 1. The summed E-state index contributed by atoms with van der Waals surface area (Å²) < 4.78 is 27.4. The van der Waals surface area contributed by atoms with E-state index in [2.05, 4.69) is 5.32 Å². The molecular formula is C20H23N3O4S. The van der Waals surface area contributed by atoms with E-state index in [0.29, 0.717) is 18.8 Å². The van der Waals surface area contributed by atoms with Crippen LogP contribution in [0, 0.1) is 0 Å². The summed E-state index contributed by atoms with van der Waals surface area (Å²) in [6.45, 7) is 0.997. The van der Waals surface area contributed by atoms with Gasteiger partial charge in [0.05, 0.1) is 4.90 Å². The highest BCUT2D eigenvalue weighted by Gasteiger charge is 2.25. The lowest BCUT2D eigenvalue weighted by atomic mass is 10.1. The topological polar surface area (TPSA) is 110 Å². The largest absolute Gasteiger partial charge is 0.366 e. The molecule has 8 heteroatoms. The Hall–Kier alpha value is -2.71. The fourth-order valence-electron chi connectivity index (χ4n) is 3.18. The molecule has 7 nitrogen and oxygen atoms in total. The number of rotatable bonds is 5. The number of benzene rings is 2. The second-order valence-electron chi connectivity index (χ2n) is 6.75. The maximum absolute atomic E-state index is 12.9. The van der Waals surface area contributed by atoms with E-state index in [9.17, 15) is 18.0 Å². The molecule has 1 heterocycles. The molecule has 28 heavy (non-hydrogen) atoms. The van der Waals surface area contributed by atoms with Crippen molar-refractivity contribution in [1.82, 2.24) is 4.31 Å². The zero-order valence-corrected chi connectivity index (χ0v) is 16.2. The number of nitrogens with one attached hydrogen (secondary N) is 1. The fraction of sp³-hybridized carbons (Fsp3) is 0.300. The molecule has 0 aromatic heterocycles. The first kappa shape index (κ1) is 20.0. The maximum atomic E-state index is 12.9. The van der Waals surface area contributed by atoms with E-state index in [1.54, 1.807) is 30.3 Å². The molecular weight excluding hydrogens is 378 g/mol. The zero-order chi connectivity index (χ0) is 20.1. The number of amides is 2.